The van der Waals surface area contributed by atoms with E-state index in [0.29, 0.717) is 6.04 Å². The van der Waals surface area contributed by atoms with E-state index in [4.69, 9.17) is 9.47 Å². The fourth-order valence-electron chi connectivity index (χ4n) is 3.10. The fourth-order valence-corrected chi connectivity index (χ4v) is 3.10. The molecule has 134 valence electrons. The zero-order valence-electron chi connectivity index (χ0n) is 14.4. The molecule has 3 nitrogen and oxygen atoms in total. The second-order valence-electron chi connectivity index (χ2n) is 6.17. The first-order valence-corrected chi connectivity index (χ1v) is 8.65. The van der Waals surface area contributed by atoms with Crippen LogP contribution in [0.5, 0.6) is 17.2 Å². The molecule has 4 rings (SSSR count). The molecule has 1 aliphatic rings. The van der Waals surface area contributed by atoms with Crippen LogP contribution in [0, 0.1) is 0 Å². The van der Waals surface area contributed by atoms with E-state index in [2.05, 4.69) is 29.6 Å². The van der Waals surface area contributed by atoms with Crippen LogP contribution in [0.2, 0.25) is 0 Å². The van der Waals surface area contributed by atoms with E-state index in [1.165, 1.54) is 11.1 Å². The van der Waals surface area contributed by atoms with E-state index in [1.807, 2.05) is 54.6 Å². The summed E-state index contributed by atoms with van der Waals surface area (Å²) in [4.78, 5) is 0. The molecule has 0 spiro atoms. The molecule has 0 aliphatic carbocycles. The number of nitrogens with one attached hydrogen (secondary N) is 1. The SMILES string of the molecule is Cl.c1ccc(Oc2ccc(CNC3CCOc4ccccc43)cc2)cc1. The molecule has 0 saturated heterocycles. The van der Waals surface area contributed by atoms with Gasteiger partial charge in [-0.05, 0) is 35.9 Å². The molecule has 0 saturated carbocycles. The molecule has 1 atom stereocenters. The zero-order valence-corrected chi connectivity index (χ0v) is 15.2. The maximum Gasteiger partial charge on any atom is 0.127 e. The maximum absolute atomic E-state index is 5.84. The van der Waals surface area contributed by atoms with Crippen molar-refractivity contribution in [2.75, 3.05) is 6.61 Å². The van der Waals surface area contributed by atoms with E-state index in [9.17, 15) is 0 Å². The average molecular weight is 368 g/mol. The Morgan fingerprint density at radius 2 is 1.54 bits per heavy atom. The Morgan fingerprint density at radius 3 is 2.35 bits per heavy atom. The smallest absolute Gasteiger partial charge is 0.127 e. The van der Waals surface area contributed by atoms with Crippen molar-refractivity contribution in [3.8, 4) is 17.2 Å². The van der Waals surface area contributed by atoms with Gasteiger partial charge in [-0.3, -0.25) is 0 Å². The van der Waals surface area contributed by atoms with Gasteiger partial charge < -0.3 is 14.8 Å². The van der Waals surface area contributed by atoms with Gasteiger partial charge in [0.2, 0.25) is 0 Å². The quantitative estimate of drug-likeness (QED) is 0.644. The van der Waals surface area contributed by atoms with Crippen LogP contribution in [-0.4, -0.2) is 6.61 Å². The lowest BCUT2D eigenvalue weighted by atomic mass is 10.0. The molecular weight excluding hydrogens is 346 g/mol. The van der Waals surface area contributed by atoms with Crippen molar-refractivity contribution < 1.29 is 9.47 Å². The van der Waals surface area contributed by atoms with E-state index < -0.39 is 0 Å². The van der Waals surface area contributed by atoms with Crippen molar-refractivity contribution in [1.29, 1.82) is 0 Å². The number of rotatable bonds is 5. The van der Waals surface area contributed by atoms with Gasteiger partial charge in [-0.2, -0.15) is 0 Å². The number of halogens is 1. The van der Waals surface area contributed by atoms with Crippen molar-refractivity contribution in [1.82, 2.24) is 5.32 Å². The van der Waals surface area contributed by atoms with Gasteiger partial charge in [0, 0.05) is 24.6 Å². The topological polar surface area (TPSA) is 30.5 Å². The van der Waals surface area contributed by atoms with Crippen LogP contribution in [0.3, 0.4) is 0 Å². The lowest BCUT2D eigenvalue weighted by Gasteiger charge is -2.26. The average Bonchev–Trinajstić information content (AvgIpc) is 2.68. The van der Waals surface area contributed by atoms with Crippen LogP contribution < -0.4 is 14.8 Å². The summed E-state index contributed by atoms with van der Waals surface area (Å²) in [5, 5.41) is 3.64. The summed E-state index contributed by atoms with van der Waals surface area (Å²) in [6, 6.07) is 26.7. The third kappa shape index (κ3) is 4.37. The minimum atomic E-state index is 0. The van der Waals surface area contributed by atoms with Gasteiger partial charge in [-0.1, -0.05) is 48.5 Å². The van der Waals surface area contributed by atoms with Gasteiger partial charge in [-0.15, -0.1) is 12.4 Å². The van der Waals surface area contributed by atoms with Gasteiger partial charge in [0.1, 0.15) is 17.2 Å². The molecular formula is C22H22ClNO2. The summed E-state index contributed by atoms with van der Waals surface area (Å²) < 4.78 is 11.6. The van der Waals surface area contributed by atoms with E-state index in [-0.39, 0.29) is 12.4 Å². The Bertz CT molecular complexity index is 821. The van der Waals surface area contributed by atoms with Crippen molar-refractivity contribution in [3.05, 3.63) is 90.0 Å². The Morgan fingerprint density at radius 1 is 0.846 bits per heavy atom. The van der Waals surface area contributed by atoms with E-state index in [0.717, 1.165) is 36.8 Å². The predicted molar refractivity (Wildman–Crippen MR) is 106 cm³/mol. The fraction of sp³-hybridized carbons (Fsp3) is 0.182. The van der Waals surface area contributed by atoms with Gasteiger partial charge in [0.05, 0.1) is 6.61 Å². The summed E-state index contributed by atoms with van der Waals surface area (Å²) >= 11 is 0. The summed E-state index contributed by atoms with van der Waals surface area (Å²) in [6.45, 7) is 1.59. The van der Waals surface area contributed by atoms with Crippen molar-refractivity contribution in [2.45, 2.75) is 19.0 Å². The first-order chi connectivity index (χ1) is 12.4. The highest BCUT2D eigenvalue weighted by molar-refractivity contribution is 5.85. The molecule has 3 aromatic rings. The Balaban J connectivity index is 0.00000196. The van der Waals surface area contributed by atoms with Gasteiger partial charge >= 0.3 is 0 Å². The van der Waals surface area contributed by atoms with E-state index >= 15 is 0 Å². The number of benzene rings is 3. The molecule has 0 radical (unpaired) electrons. The van der Waals surface area contributed by atoms with E-state index in [1.54, 1.807) is 0 Å². The highest BCUT2D eigenvalue weighted by Crippen LogP contribution is 2.31. The van der Waals surface area contributed by atoms with Gasteiger partial charge in [-0.25, -0.2) is 0 Å². The molecule has 1 N–H and O–H groups in total. The largest absolute Gasteiger partial charge is 0.493 e. The lowest BCUT2D eigenvalue weighted by Crippen LogP contribution is -2.26. The molecule has 0 amide bonds. The van der Waals surface area contributed by atoms with Crippen molar-refractivity contribution >= 4 is 12.4 Å². The maximum atomic E-state index is 5.84. The zero-order chi connectivity index (χ0) is 16.9. The van der Waals surface area contributed by atoms with Gasteiger partial charge in [0.25, 0.3) is 0 Å². The van der Waals surface area contributed by atoms with Crippen LogP contribution in [-0.2, 0) is 6.54 Å². The van der Waals surface area contributed by atoms with Gasteiger partial charge in [0.15, 0.2) is 0 Å². The summed E-state index contributed by atoms with van der Waals surface area (Å²) in [7, 11) is 0. The third-order valence-electron chi connectivity index (χ3n) is 4.41. The summed E-state index contributed by atoms with van der Waals surface area (Å²) in [5.74, 6) is 2.71. The highest BCUT2D eigenvalue weighted by Gasteiger charge is 2.20. The first-order valence-electron chi connectivity index (χ1n) is 8.65. The van der Waals surface area contributed by atoms with Crippen LogP contribution in [0.1, 0.15) is 23.6 Å². The van der Waals surface area contributed by atoms with Crippen LogP contribution >= 0.6 is 12.4 Å². The molecule has 0 fully saturated rings. The number of para-hydroxylation sites is 2. The third-order valence-corrected chi connectivity index (χ3v) is 4.41. The Hall–Kier alpha value is -2.49. The van der Waals surface area contributed by atoms with Crippen LogP contribution in [0.15, 0.2) is 78.9 Å². The monoisotopic (exact) mass is 367 g/mol. The molecule has 0 bridgehead atoms. The summed E-state index contributed by atoms with van der Waals surface area (Å²) in [5.41, 5.74) is 2.49. The molecule has 1 heterocycles. The molecule has 1 unspecified atom stereocenters. The van der Waals surface area contributed by atoms with Crippen molar-refractivity contribution in [2.24, 2.45) is 0 Å². The second-order valence-corrected chi connectivity index (χ2v) is 6.17. The molecule has 4 heteroatoms. The first kappa shape index (κ1) is 18.3. The standard InChI is InChI=1S/C22H21NO2.ClH/c1-2-6-18(7-3-1)25-19-12-10-17(11-13-19)16-23-21-14-15-24-22-9-5-4-8-20(21)22;/h1-13,21,23H,14-16H2;1H. The highest BCUT2D eigenvalue weighted by atomic mass is 35.5. The lowest BCUT2D eigenvalue weighted by molar-refractivity contribution is 0.252. The molecule has 1 aliphatic heterocycles. The minimum absolute atomic E-state index is 0. The summed E-state index contributed by atoms with van der Waals surface area (Å²) in [6.07, 6.45) is 0.992. The number of hydrogen-bond acceptors (Lipinski definition) is 3. The number of fused-ring (bicyclic) bond motifs is 1. The van der Waals surface area contributed by atoms with Crippen molar-refractivity contribution in [3.63, 3.8) is 0 Å². The number of ether oxygens (including phenoxy) is 2. The molecule has 0 aromatic heterocycles. The van der Waals surface area contributed by atoms with Crippen LogP contribution in [0.4, 0.5) is 0 Å². The minimum Gasteiger partial charge on any atom is -0.493 e. The Labute approximate surface area is 160 Å². The number of hydrogen-bond donors (Lipinski definition) is 1. The normalized spacial score (nSPS) is 15.3. The Kier molecular flexibility index (Phi) is 6.16. The predicted octanol–water partition coefficient (Wildman–Crippen LogP) is 5.51. The second kappa shape index (κ2) is 8.75. The van der Waals surface area contributed by atoms with Crippen LogP contribution in [0.25, 0.3) is 0 Å². The molecule has 3 aromatic carbocycles. The molecule has 26 heavy (non-hydrogen) atoms.